The van der Waals surface area contributed by atoms with Crippen molar-refractivity contribution in [2.75, 3.05) is 19.8 Å². The van der Waals surface area contributed by atoms with Crippen LogP contribution in [0.2, 0.25) is 0 Å². The van der Waals surface area contributed by atoms with E-state index < -0.39 is 5.79 Å². The number of unbranched alkanes of at least 4 members (excludes halogenated alkanes) is 5. The maximum Gasteiger partial charge on any atom is 0.168 e. The van der Waals surface area contributed by atoms with Crippen molar-refractivity contribution in [1.82, 2.24) is 0 Å². The molecule has 0 aliphatic heterocycles. The van der Waals surface area contributed by atoms with Gasteiger partial charge in [0.05, 0.1) is 0 Å². The van der Waals surface area contributed by atoms with E-state index in [1.807, 2.05) is 13.8 Å². The summed E-state index contributed by atoms with van der Waals surface area (Å²) in [6, 6.07) is 0. The molecule has 0 bridgehead atoms. The molecule has 1 unspecified atom stereocenters. The molecule has 3 nitrogen and oxygen atoms in total. The van der Waals surface area contributed by atoms with Gasteiger partial charge in [0.1, 0.15) is 0 Å². The number of aliphatic hydroxyl groups excluding tert-OH is 1. The summed E-state index contributed by atoms with van der Waals surface area (Å²) in [5.74, 6) is -0.127. The summed E-state index contributed by atoms with van der Waals surface area (Å²) in [4.78, 5) is 0. The van der Waals surface area contributed by atoms with Crippen LogP contribution in [0.15, 0.2) is 0 Å². The first kappa shape index (κ1) is 20.9. The van der Waals surface area contributed by atoms with E-state index in [1.165, 1.54) is 38.5 Å². The SMILES string of the molecule is CCCCCCCCC(CCCO)C(C)(OCC)OCC. The molecule has 0 fully saturated rings. The monoisotopic (exact) mass is 302 g/mol. The van der Waals surface area contributed by atoms with Gasteiger partial charge in [0.2, 0.25) is 0 Å². The van der Waals surface area contributed by atoms with E-state index in [0.29, 0.717) is 19.1 Å². The molecule has 21 heavy (non-hydrogen) atoms. The third-order valence-electron chi connectivity index (χ3n) is 4.22. The lowest BCUT2D eigenvalue weighted by atomic mass is 9.88. The fraction of sp³-hybridized carbons (Fsp3) is 1.00. The maximum absolute atomic E-state index is 9.13. The smallest absolute Gasteiger partial charge is 0.168 e. The second kappa shape index (κ2) is 13.5. The minimum Gasteiger partial charge on any atom is -0.396 e. The van der Waals surface area contributed by atoms with Crippen molar-refractivity contribution in [1.29, 1.82) is 0 Å². The highest BCUT2D eigenvalue weighted by molar-refractivity contribution is 4.76. The van der Waals surface area contributed by atoms with Crippen molar-refractivity contribution >= 4 is 0 Å². The van der Waals surface area contributed by atoms with Crippen LogP contribution in [-0.4, -0.2) is 30.7 Å². The van der Waals surface area contributed by atoms with Gasteiger partial charge in [-0.1, -0.05) is 45.4 Å². The maximum atomic E-state index is 9.13. The molecule has 1 atom stereocenters. The summed E-state index contributed by atoms with van der Waals surface area (Å²) in [7, 11) is 0. The highest BCUT2D eigenvalue weighted by atomic mass is 16.7. The molecule has 128 valence electrons. The molecule has 0 amide bonds. The standard InChI is InChI=1S/C18H38O3/c1-5-8-9-10-11-12-14-17(15-13-16-19)18(4,20-6-2)21-7-3/h17,19H,5-16H2,1-4H3. The Hall–Kier alpha value is -0.120. The van der Waals surface area contributed by atoms with E-state index in [2.05, 4.69) is 13.8 Å². The van der Waals surface area contributed by atoms with Crippen LogP contribution in [0.1, 0.15) is 85.5 Å². The Bertz CT molecular complexity index is 213. The second-order valence-electron chi connectivity index (χ2n) is 6.00. The molecule has 0 saturated heterocycles. The number of rotatable bonds is 15. The van der Waals surface area contributed by atoms with Crippen molar-refractivity contribution in [2.24, 2.45) is 5.92 Å². The van der Waals surface area contributed by atoms with Gasteiger partial charge in [0.25, 0.3) is 0 Å². The van der Waals surface area contributed by atoms with Crippen LogP contribution in [-0.2, 0) is 9.47 Å². The van der Waals surface area contributed by atoms with Gasteiger partial charge in [-0.15, -0.1) is 0 Å². The fourth-order valence-electron chi connectivity index (χ4n) is 3.03. The Kier molecular flexibility index (Phi) is 13.5. The van der Waals surface area contributed by atoms with Crippen LogP contribution in [0.3, 0.4) is 0 Å². The van der Waals surface area contributed by atoms with Crippen LogP contribution in [0, 0.1) is 5.92 Å². The van der Waals surface area contributed by atoms with Crippen molar-refractivity contribution < 1.29 is 14.6 Å². The van der Waals surface area contributed by atoms with Gasteiger partial charge in [-0.25, -0.2) is 0 Å². The van der Waals surface area contributed by atoms with E-state index in [9.17, 15) is 0 Å². The summed E-state index contributed by atoms with van der Waals surface area (Å²) in [6.07, 6.45) is 10.8. The molecule has 0 heterocycles. The largest absolute Gasteiger partial charge is 0.396 e. The molecule has 0 aromatic carbocycles. The molecule has 0 aromatic heterocycles. The molecule has 0 saturated carbocycles. The van der Waals surface area contributed by atoms with Gasteiger partial charge < -0.3 is 14.6 Å². The zero-order chi connectivity index (χ0) is 16.0. The van der Waals surface area contributed by atoms with Gasteiger partial charge in [-0.2, -0.15) is 0 Å². The predicted octanol–water partition coefficient (Wildman–Crippen LogP) is 4.91. The summed E-state index contributed by atoms with van der Waals surface area (Å²) < 4.78 is 11.8. The van der Waals surface area contributed by atoms with Gasteiger partial charge >= 0.3 is 0 Å². The normalized spacial score (nSPS) is 13.6. The van der Waals surface area contributed by atoms with Crippen LogP contribution in [0.4, 0.5) is 0 Å². The van der Waals surface area contributed by atoms with E-state index in [0.717, 1.165) is 19.3 Å². The molecule has 3 heteroatoms. The van der Waals surface area contributed by atoms with Crippen LogP contribution >= 0.6 is 0 Å². The number of hydrogen-bond donors (Lipinski definition) is 1. The van der Waals surface area contributed by atoms with Gasteiger partial charge in [0, 0.05) is 25.7 Å². The molecule has 0 rings (SSSR count). The second-order valence-corrected chi connectivity index (χ2v) is 6.00. The molecule has 0 aliphatic rings. The third-order valence-corrected chi connectivity index (χ3v) is 4.22. The number of aliphatic hydroxyl groups is 1. The zero-order valence-corrected chi connectivity index (χ0v) is 14.8. The lowest BCUT2D eigenvalue weighted by Crippen LogP contribution is -2.41. The minimum absolute atomic E-state index is 0.251. The number of ether oxygens (including phenoxy) is 2. The topological polar surface area (TPSA) is 38.7 Å². The van der Waals surface area contributed by atoms with Crippen LogP contribution < -0.4 is 0 Å². The molecule has 0 spiro atoms. The van der Waals surface area contributed by atoms with Gasteiger partial charge in [-0.05, 0) is 40.0 Å². The van der Waals surface area contributed by atoms with E-state index in [4.69, 9.17) is 14.6 Å². The Morgan fingerprint density at radius 1 is 0.810 bits per heavy atom. The average molecular weight is 302 g/mol. The first-order valence-corrected chi connectivity index (χ1v) is 9.03. The number of hydrogen-bond acceptors (Lipinski definition) is 3. The summed E-state index contributed by atoms with van der Waals surface area (Å²) in [5, 5.41) is 9.13. The third kappa shape index (κ3) is 9.49. The van der Waals surface area contributed by atoms with E-state index in [1.54, 1.807) is 0 Å². The van der Waals surface area contributed by atoms with Crippen LogP contribution in [0.5, 0.6) is 0 Å². The van der Waals surface area contributed by atoms with Gasteiger partial charge in [0.15, 0.2) is 5.79 Å². The first-order valence-electron chi connectivity index (χ1n) is 9.03. The molecular formula is C18H38O3. The zero-order valence-electron chi connectivity index (χ0n) is 14.8. The Morgan fingerprint density at radius 3 is 1.86 bits per heavy atom. The van der Waals surface area contributed by atoms with Crippen molar-refractivity contribution in [3.8, 4) is 0 Å². The summed E-state index contributed by atoms with van der Waals surface area (Å²) in [5.41, 5.74) is 0. The lowest BCUT2D eigenvalue weighted by molar-refractivity contribution is -0.254. The summed E-state index contributed by atoms with van der Waals surface area (Å²) in [6.45, 7) is 9.95. The predicted molar refractivity (Wildman–Crippen MR) is 89.5 cm³/mol. The molecule has 1 N–H and O–H groups in total. The molecule has 0 radical (unpaired) electrons. The summed E-state index contributed by atoms with van der Waals surface area (Å²) >= 11 is 0. The average Bonchev–Trinajstić information content (AvgIpc) is 2.46. The lowest BCUT2D eigenvalue weighted by Gasteiger charge is -2.37. The van der Waals surface area contributed by atoms with Crippen molar-refractivity contribution in [3.05, 3.63) is 0 Å². The fourth-order valence-corrected chi connectivity index (χ4v) is 3.03. The molecule has 0 aliphatic carbocycles. The van der Waals surface area contributed by atoms with E-state index >= 15 is 0 Å². The highest BCUT2D eigenvalue weighted by Gasteiger charge is 2.34. The quantitative estimate of drug-likeness (QED) is 0.345. The highest BCUT2D eigenvalue weighted by Crippen LogP contribution is 2.32. The Labute approximate surface area is 132 Å². The van der Waals surface area contributed by atoms with Gasteiger partial charge in [-0.3, -0.25) is 0 Å². The Morgan fingerprint density at radius 2 is 1.33 bits per heavy atom. The molecule has 0 aromatic rings. The first-order chi connectivity index (χ1) is 10.1. The minimum atomic E-state index is -0.498. The van der Waals surface area contributed by atoms with E-state index in [-0.39, 0.29) is 6.61 Å². The van der Waals surface area contributed by atoms with Crippen LogP contribution in [0.25, 0.3) is 0 Å². The van der Waals surface area contributed by atoms with Crippen molar-refractivity contribution in [2.45, 2.75) is 91.3 Å². The van der Waals surface area contributed by atoms with Crippen molar-refractivity contribution in [3.63, 3.8) is 0 Å². The molecular weight excluding hydrogens is 264 g/mol. The Balaban J connectivity index is 4.32.